The van der Waals surface area contributed by atoms with Crippen LogP contribution in [-0.2, 0) is 4.74 Å². The zero-order valence-corrected chi connectivity index (χ0v) is 17.9. The van der Waals surface area contributed by atoms with Crippen LogP contribution in [0.3, 0.4) is 0 Å². The molecule has 3 N–H and O–H groups in total. The first-order valence-electron chi connectivity index (χ1n) is 11.0. The second kappa shape index (κ2) is 6.47. The molecule has 8 atom stereocenters. The summed E-state index contributed by atoms with van der Waals surface area (Å²) in [6.45, 7) is 2.81. The van der Waals surface area contributed by atoms with Gasteiger partial charge in [0.1, 0.15) is 18.0 Å². The summed E-state index contributed by atoms with van der Waals surface area (Å²) < 4.78 is 11.6. The van der Waals surface area contributed by atoms with E-state index in [2.05, 4.69) is 27.8 Å². The number of hydrogen-bond acceptors (Lipinski definition) is 9. The van der Waals surface area contributed by atoms with Crippen LogP contribution in [0.5, 0.6) is 17.2 Å². The van der Waals surface area contributed by atoms with E-state index in [0.29, 0.717) is 23.3 Å². The fourth-order valence-corrected chi connectivity index (χ4v) is 7.49. The molecule has 2 bridgehead atoms. The number of nitrogens with zero attached hydrogens (tertiary/aromatic N) is 4. The number of benzene rings is 1. The average Bonchev–Trinajstić information content (AvgIpc) is 3.34. The van der Waals surface area contributed by atoms with Gasteiger partial charge in [-0.1, -0.05) is 0 Å². The Labute approximate surface area is 181 Å². The molecule has 5 heterocycles. The molecule has 0 radical (unpaired) electrons. The van der Waals surface area contributed by atoms with Gasteiger partial charge in [-0.15, -0.1) is 0 Å². The Kier molecular flexibility index (Phi) is 4.08. The van der Waals surface area contributed by atoms with Gasteiger partial charge in [0.05, 0.1) is 38.5 Å². The Bertz CT molecular complexity index is 995. The van der Waals surface area contributed by atoms with E-state index in [4.69, 9.17) is 9.47 Å². The first kappa shape index (κ1) is 19.6. The highest BCUT2D eigenvalue weighted by Gasteiger charge is 2.68. The van der Waals surface area contributed by atoms with Crippen molar-refractivity contribution in [3.63, 3.8) is 0 Å². The van der Waals surface area contributed by atoms with E-state index >= 15 is 0 Å². The summed E-state index contributed by atoms with van der Waals surface area (Å²) in [5.74, 6) is 0.498. The molecule has 0 amide bonds. The van der Waals surface area contributed by atoms with E-state index in [1.165, 1.54) is 7.11 Å². The molecule has 1 aromatic rings. The number of hydrogen-bond donors (Lipinski definition) is 3. The number of aliphatic hydroxyl groups is 1. The van der Waals surface area contributed by atoms with Crippen LogP contribution in [0.4, 0.5) is 0 Å². The standard InChI is InChI=1S/C22H28N4O5/c1-9-19(28)15-14(20(29)21(9)30-3)13(8-27)26-12(7-23)11-6-10-16(24(11)2)18(26)17(15)25-4-5-31-22(10)25/h10-13,16-18,22,27-29H,4-6,8H2,1-3H3. The molecule has 0 spiro atoms. The number of aromatic hydroxyl groups is 2. The molecule has 31 heavy (non-hydrogen) atoms. The molecular weight excluding hydrogens is 400 g/mol. The van der Waals surface area contributed by atoms with E-state index in [-0.39, 0.29) is 60.2 Å². The van der Waals surface area contributed by atoms with Crippen LogP contribution in [-0.4, -0.2) is 94.3 Å². The van der Waals surface area contributed by atoms with Gasteiger partial charge in [-0.05, 0) is 20.4 Å². The number of nitriles is 1. The summed E-state index contributed by atoms with van der Waals surface area (Å²) in [6.07, 6.45) is 0.773. The number of ether oxygens (including phenoxy) is 2. The molecule has 5 aliphatic heterocycles. The molecule has 0 aromatic heterocycles. The molecule has 4 saturated heterocycles. The zero-order chi connectivity index (χ0) is 21.8. The molecule has 9 heteroatoms. The van der Waals surface area contributed by atoms with E-state index < -0.39 is 12.1 Å². The Morgan fingerprint density at radius 3 is 2.68 bits per heavy atom. The third-order valence-electron chi connectivity index (χ3n) is 8.55. The number of piperazine rings is 1. The van der Waals surface area contributed by atoms with Gasteiger partial charge in [0.25, 0.3) is 0 Å². The largest absolute Gasteiger partial charge is 0.507 e. The van der Waals surface area contributed by atoms with E-state index in [1.54, 1.807) is 6.92 Å². The molecule has 1 aromatic carbocycles. The number of fused-ring (bicyclic) bond motifs is 6. The van der Waals surface area contributed by atoms with Crippen molar-refractivity contribution in [2.75, 3.05) is 33.9 Å². The first-order valence-corrected chi connectivity index (χ1v) is 11.0. The zero-order valence-electron chi connectivity index (χ0n) is 17.9. The number of aliphatic hydroxyl groups excluding tert-OH is 1. The molecular formula is C22H28N4O5. The minimum Gasteiger partial charge on any atom is -0.507 e. The summed E-state index contributed by atoms with van der Waals surface area (Å²) in [4.78, 5) is 6.73. The van der Waals surface area contributed by atoms with Crippen LogP contribution >= 0.6 is 0 Å². The Morgan fingerprint density at radius 2 is 2.00 bits per heavy atom. The van der Waals surface area contributed by atoms with Crippen molar-refractivity contribution in [3.05, 3.63) is 16.7 Å². The minimum absolute atomic E-state index is 0.0275. The lowest BCUT2D eigenvalue weighted by molar-refractivity contribution is -0.153. The predicted molar refractivity (Wildman–Crippen MR) is 109 cm³/mol. The third kappa shape index (κ3) is 2.12. The number of phenols is 2. The van der Waals surface area contributed by atoms with Crippen molar-refractivity contribution >= 4 is 0 Å². The van der Waals surface area contributed by atoms with E-state index in [1.807, 2.05) is 0 Å². The summed E-state index contributed by atoms with van der Waals surface area (Å²) in [6, 6.07) is 1.30. The van der Waals surface area contributed by atoms with Crippen molar-refractivity contribution in [3.8, 4) is 23.3 Å². The van der Waals surface area contributed by atoms with Crippen molar-refractivity contribution < 1.29 is 24.8 Å². The first-order chi connectivity index (χ1) is 15.0. The van der Waals surface area contributed by atoms with Gasteiger partial charge >= 0.3 is 0 Å². The lowest BCUT2D eigenvalue weighted by Crippen LogP contribution is -2.72. The Morgan fingerprint density at radius 1 is 1.23 bits per heavy atom. The number of likely N-dealkylation sites (N-methyl/N-ethyl adjacent to an activating group) is 1. The van der Waals surface area contributed by atoms with Crippen molar-refractivity contribution in [1.82, 2.24) is 14.7 Å². The van der Waals surface area contributed by atoms with E-state index in [9.17, 15) is 20.6 Å². The summed E-state index contributed by atoms with van der Waals surface area (Å²) in [5, 5.41) is 43.3. The lowest BCUT2D eigenvalue weighted by Gasteiger charge is -2.61. The fraction of sp³-hybridized carbons (Fsp3) is 0.682. The molecule has 6 rings (SSSR count). The van der Waals surface area contributed by atoms with Gasteiger partial charge in [0, 0.05) is 47.3 Å². The quantitative estimate of drug-likeness (QED) is 0.578. The Balaban J connectivity index is 1.68. The van der Waals surface area contributed by atoms with Crippen LogP contribution in [0, 0.1) is 24.2 Å². The van der Waals surface area contributed by atoms with Crippen LogP contribution < -0.4 is 4.74 Å². The number of piperidine rings is 1. The average molecular weight is 428 g/mol. The van der Waals surface area contributed by atoms with Gasteiger partial charge in [0.2, 0.25) is 0 Å². The summed E-state index contributed by atoms with van der Waals surface area (Å²) in [5.41, 5.74) is 1.59. The highest BCUT2D eigenvalue weighted by Crippen LogP contribution is 2.62. The van der Waals surface area contributed by atoms with Gasteiger partial charge in [-0.3, -0.25) is 14.7 Å². The van der Waals surface area contributed by atoms with Crippen LogP contribution in [0.1, 0.15) is 35.2 Å². The van der Waals surface area contributed by atoms with Gasteiger partial charge in [0.15, 0.2) is 11.5 Å². The van der Waals surface area contributed by atoms with Gasteiger partial charge < -0.3 is 24.8 Å². The number of rotatable bonds is 2. The van der Waals surface area contributed by atoms with Gasteiger partial charge in [-0.25, -0.2) is 0 Å². The van der Waals surface area contributed by atoms with Gasteiger partial charge in [-0.2, -0.15) is 5.26 Å². The highest BCUT2D eigenvalue weighted by atomic mass is 16.5. The smallest absolute Gasteiger partial charge is 0.167 e. The monoisotopic (exact) mass is 428 g/mol. The summed E-state index contributed by atoms with van der Waals surface area (Å²) >= 11 is 0. The topological polar surface area (TPSA) is 113 Å². The molecule has 0 saturated carbocycles. The van der Waals surface area contributed by atoms with E-state index in [0.717, 1.165) is 13.0 Å². The van der Waals surface area contributed by atoms with Crippen LogP contribution in [0.2, 0.25) is 0 Å². The maximum absolute atomic E-state index is 11.3. The molecule has 4 fully saturated rings. The molecule has 8 unspecified atom stereocenters. The summed E-state index contributed by atoms with van der Waals surface area (Å²) in [7, 11) is 3.54. The number of phenolic OH excluding ortho intramolecular Hbond substituents is 2. The van der Waals surface area contributed by atoms with Crippen LogP contribution in [0.15, 0.2) is 0 Å². The second-order valence-electron chi connectivity index (χ2n) is 9.46. The predicted octanol–water partition coefficient (Wildman–Crippen LogP) is 0.440. The normalized spacial score (nSPS) is 41.0. The molecule has 0 aliphatic carbocycles. The third-order valence-corrected chi connectivity index (χ3v) is 8.55. The maximum Gasteiger partial charge on any atom is 0.167 e. The highest BCUT2D eigenvalue weighted by molar-refractivity contribution is 5.65. The maximum atomic E-state index is 11.3. The molecule has 166 valence electrons. The molecule has 5 aliphatic rings. The van der Waals surface area contributed by atoms with Crippen LogP contribution in [0.25, 0.3) is 0 Å². The van der Waals surface area contributed by atoms with Crippen molar-refractivity contribution in [2.45, 2.75) is 55.8 Å². The lowest BCUT2D eigenvalue weighted by atomic mass is 9.72. The SMILES string of the molecule is COc1c(C)c(O)c2c(c1O)C(CO)N1C(C#N)C3CC4C(C1C2N1CCOC41)N3C. The fourth-order valence-electron chi connectivity index (χ4n) is 7.49. The molecule has 9 nitrogen and oxygen atoms in total. The number of methoxy groups -OCH3 is 1. The minimum atomic E-state index is -0.598. The second-order valence-corrected chi connectivity index (χ2v) is 9.46. The Hall–Kier alpha value is -2.09. The van der Waals surface area contributed by atoms with Crippen molar-refractivity contribution in [1.29, 1.82) is 5.26 Å². The van der Waals surface area contributed by atoms with Crippen molar-refractivity contribution in [2.24, 2.45) is 5.92 Å².